The van der Waals surface area contributed by atoms with Gasteiger partial charge in [-0.25, -0.2) is 0 Å². The van der Waals surface area contributed by atoms with E-state index in [2.05, 4.69) is 28.0 Å². The van der Waals surface area contributed by atoms with Gasteiger partial charge < -0.3 is 5.11 Å². The summed E-state index contributed by atoms with van der Waals surface area (Å²) in [4.78, 5) is 0. The second-order valence-electron chi connectivity index (χ2n) is 3.01. The van der Waals surface area contributed by atoms with Gasteiger partial charge in [-0.05, 0) is 39.8 Å². The quantitative estimate of drug-likeness (QED) is 0.653. The highest BCUT2D eigenvalue weighted by Gasteiger charge is 2.07. The lowest BCUT2D eigenvalue weighted by Crippen LogP contribution is -1.87. The molecule has 1 aromatic carbocycles. The molecule has 2 aromatic rings. The molecule has 0 spiro atoms. The summed E-state index contributed by atoms with van der Waals surface area (Å²) in [5.41, 5.74) is 2.05. The first-order valence-electron chi connectivity index (χ1n) is 4.11. The molecule has 1 N–H and O–H groups in total. The summed E-state index contributed by atoms with van der Waals surface area (Å²) in [5, 5.41) is 12.4. The molecule has 0 bridgehead atoms. The van der Waals surface area contributed by atoms with Crippen LogP contribution in [0.15, 0.2) is 17.5 Å². The summed E-state index contributed by atoms with van der Waals surface area (Å²) in [7, 11) is 0. The summed E-state index contributed by atoms with van der Waals surface area (Å²) in [5.74, 6) is 0.501. The highest BCUT2D eigenvalue weighted by atomic mass is 127. The van der Waals surface area contributed by atoms with Gasteiger partial charge in [0.05, 0.1) is 6.61 Å². The van der Waals surface area contributed by atoms with Crippen molar-refractivity contribution in [2.45, 2.75) is 12.5 Å². The SMILES string of the molecule is OCc1cc(CCl)c2scc(I)c2c1. The minimum absolute atomic E-state index is 0.0752. The van der Waals surface area contributed by atoms with Gasteiger partial charge in [-0.2, -0.15) is 0 Å². The maximum absolute atomic E-state index is 9.10. The third kappa shape index (κ3) is 1.78. The predicted molar refractivity (Wildman–Crippen MR) is 70.0 cm³/mol. The van der Waals surface area contributed by atoms with E-state index in [1.54, 1.807) is 11.3 Å². The molecule has 0 saturated heterocycles. The van der Waals surface area contributed by atoms with Gasteiger partial charge in [0, 0.05) is 24.9 Å². The van der Waals surface area contributed by atoms with Crippen molar-refractivity contribution in [1.82, 2.24) is 0 Å². The molecule has 0 amide bonds. The summed E-state index contributed by atoms with van der Waals surface area (Å²) in [6, 6.07) is 4.01. The molecule has 0 aliphatic carbocycles. The number of fused-ring (bicyclic) bond motifs is 1. The fourth-order valence-electron chi connectivity index (χ4n) is 1.44. The number of thiophene rings is 1. The lowest BCUT2D eigenvalue weighted by Gasteiger charge is -2.02. The molecular weight excluding hydrogens is 331 g/mol. The van der Waals surface area contributed by atoms with E-state index in [-0.39, 0.29) is 6.61 Å². The van der Waals surface area contributed by atoms with E-state index >= 15 is 0 Å². The Morgan fingerprint density at radius 2 is 2.21 bits per heavy atom. The first kappa shape index (κ1) is 10.7. The number of rotatable bonds is 2. The van der Waals surface area contributed by atoms with E-state index in [1.807, 2.05) is 12.1 Å². The number of hydrogen-bond donors (Lipinski definition) is 1. The van der Waals surface area contributed by atoms with Crippen molar-refractivity contribution >= 4 is 55.6 Å². The number of hydrogen-bond acceptors (Lipinski definition) is 2. The van der Waals surface area contributed by atoms with Crippen molar-refractivity contribution in [2.24, 2.45) is 0 Å². The van der Waals surface area contributed by atoms with Crippen molar-refractivity contribution < 1.29 is 5.11 Å². The van der Waals surface area contributed by atoms with Gasteiger partial charge in [-0.3, -0.25) is 0 Å². The molecule has 0 unspecified atom stereocenters. The monoisotopic (exact) mass is 338 g/mol. The van der Waals surface area contributed by atoms with Crippen LogP contribution in [0.3, 0.4) is 0 Å². The molecule has 1 heterocycles. The molecule has 2 rings (SSSR count). The van der Waals surface area contributed by atoms with Crippen LogP contribution in [-0.4, -0.2) is 5.11 Å². The van der Waals surface area contributed by atoms with Gasteiger partial charge >= 0.3 is 0 Å². The van der Waals surface area contributed by atoms with E-state index in [9.17, 15) is 0 Å². The Kier molecular flexibility index (Phi) is 3.31. The molecule has 0 aliphatic rings. The van der Waals surface area contributed by atoms with Crippen molar-refractivity contribution in [3.8, 4) is 0 Å². The van der Waals surface area contributed by atoms with Crippen LogP contribution in [0.1, 0.15) is 11.1 Å². The molecule has 0 atom stereocenters. The number of aliphatic hydroxyl groups excluding tert-OH is 1. The zero-order valence-corrected chi connectivity index (χ0v) is 11.0. The molecule has 14 heavy (non-hydrogen) atoms. The van der Waals surface area contributed by atoms with Gasteiger partial charge in [0.2, 0.25) is 0 Å². The minimum Gasteiger partial charge on any atom is -0.392 e. The average Bonchev–Trinajstić information content (AvgIpc) is 2.59. The van der Waals surface area contributed by atoms with Gasteiger partial charge in [0.25, 0.3) is 0 Å². The standard InChI is InChI=1S/C10H8ClIOS/c11-3-7-1-6(4-13)2-8-9(12)5-14-10(7)8/h1-2,5,13H,3-4H2. The summed E-state index contributed by atoms with van der Waals surface area (Å²) in [6.45, 7) is 0.0752. The lowest BCUT2D eigenvalue weighted by molar-refractivity contribution is 0.282. The molecule has 0 radical (unpaired) electrons. The van der Waals surface area contributed by atoms with E-state index < -0.39 is 0 Å². The molecule has 0 saturated carbocycles. The largest absolute Gasteiger partial charge is 0.392 e. The Bertz CT molecular complexity index is 466. The Balaban J connectivity index is 2.76. The summed E-state index contributed by atoms with van der Waals surface area (Å²) < 4.78 is 2.46. The van der Waals surface area contributed by atoms with Crippen LogP contribution in [-0.2, 0) is 12.5 Å². The first-order chi connectivity index (χ1) is 6.76. The normalized spacial score (nSPS) is 11.1. The van der Waals surface area contributed by atoms with Crippen LogP contribution in [0.2, 0.25) is 0 Å². The highest BCUT2D eigenvalue weighted by Crippen LogP contribution is 2.32. The summed E-state index contributed by atoms with van der Waals surface area (Å²) >= 11 is 9.88. The first-order valence-corrected chi connectivity index (χ1v) is 6.61. The number of benzene rings is 1. The molecule has 1 nitrogen and oxygen atoms in total. The smallest absolute Gasteiger partial charge is 0.0682 e. The second-order valence-corrected chi connectivity index (χ2v) is 5.32. The molecule has 74 valence electrons. The average molecular weight is 339 g/mol. The topological polar surface area (TPSA) is 20.2 Å². The van der Waals surface area contributed by atoms with Gasteiger partial charge in [0.15, 0.2) is 0 Å². The Labute approximate surface area is 105 Å². The Morgan fingerprint density at radius 1 is 1.43 bits per heavy atom. The minimum atomic E-state index is 0.0752. The van der Waals surface area contributed by atoms with Gasteiger partial charge in [-0.1, -0.05) is 6.07 Å². The second kappa shape index (κ2) is 4.35. The van der Waals surface area contributed by atoms with Crippen LogP contribution in [0.4, 0.5) is 0 Å². The third-order valence-electron chi connectivity index (χ3n) is 2.09. The fourth-order valence-corrected chi connectivity index (χ4v) is 3.64. The van der Waals surface area contributed by atoms with Crippen molar-refractivity contribution in [3.63, 3.8) is 0 Å². The number of aliphatic hydroxyl groups is 1. The van der Waals surface area contributed by atoms with Crippen molar-refractivity contribution in [2.75, 3.05) is 0 Å². The van der Waals surface area contributed by atoms with Crippen LogP contribution in [0, 0.1) is 3.57 Å². The third-order valence-corrected chi connectivity index (χ3v) is 4.76. The number of halogens is 2. The van der Waals surface area contributed by atoms with Gasteiger partial charge in [0.1, 0.15) is 0 Å². The van der Waals surface area contributed by atoms with E-state index in [0.29, 0.717) is 5.88 Å². The Hall–Kier alpha value is 0.160. The number of alkyl halides is 1. The maximum Gasteiger partial charge on any atom is 0.0682 e. The molecular formula is C10H8ClIOS. The molecule has 0 fully saturated rings. The predicted octanol–water partition coefficient (Wildman–Crippen LogP) is 3.74. The van der Waals surface area contributed by atoms with E-state index in [1.165, 1.54) is 13.7 Å². The van der Waals surface area contributed by atoms with Crippen LogP contribution >= 0.6 is 45.5 Å². The molecule has 1 aromatic heterocycles. The van der Waals surface area contributed by atoms with Crippen LogP contribution in [0.5, 0.6) is 0 Å². The highest BCUT2D eigenvalue weighted by molar-refractivity contribution is 14.1. The van der Waals surface area contributed by atoms with Crippen molar-refractivity contribution in [1.29, 1.82) is 0 Å². The van der Waals surface area contributed by atoms with E-state index in [4.69, 9.17) is 16.7 Å². The van der Waals surface area contributed by atoms with Crippen LogP contribution < -0.4 is 0 Å². The van der Waals surface area contributed by atoms with Gasteiger partial charge in [-0.15, -0.1) is 22.9 Å². The van der Waals surface area contributed by atoms with Crippen molar-refractivity contribution in [3.05, 3.63) is 32.2 Å². The molecule has 4 heteroatoms. The lowest BCUT2D eigenvalue weighted by atomic mass is 10.1. The van der Waals surface area contributed by atoms with E-state index in [0.717, 1.165) is 11.1 Å². The Morgan fingerprint density at radius 3 is 2.86 bits per heavy atom. The maximum atomic E-state index is 9.10. The molecule has 0 aliphatic heterocycles. The zero-order chi connectivity index (χ0) is 10.1. The summed E-state index contributed by atoms with van der Waals surface area (Å²) in [6.07, 6.45) is 0. The fraction of sp³-hybridized carbons (Fsp3) is 0.200. The zero-order valence-electron chi connectivity index (χ0n) is 7.26. The van der Waals surface area contributed by atoms with Crippen LogP contribution in [0.25, 0.3) is 10.1 Å².